The Bertz CT molecular complexity index is 236. The molecule has 0 radical (unpaired) electrons. The number of hydrogen-bond donors (Lipinski definition) is 2. The van der Waals surface area contributed by atoms with Crippen LogP contribution in [0.15, 0.2) is 0 Å². The summed E-state index contributed by atoms with van der Waals surface area (Å²) in [6, 6.07) is -0.109. The van der Waals surface area contributed by atoms with Gasteiger partial charge in [0.1, 0.15) is 0 Å². The molecule has 1 unspecified atom stereocenters. The van der Waals surface area contributed by atoms with E-state index < -0.39 is 10.0 Å². The average molecular weight is 238 g/mol. The predicted molar refractivity (Wildman–Crippen MR) is 61.4 cm³/mol. The quantitative estimate of drug-likeness (QED) is 0.590. The Morgan fingerprint density at radius 2 is 2.07 bits per heavy atom. The molecule has 6 heteroatoms. The summed E-state index contributed by atoms with van der Waals surface area (Å²) < 4.78 is 30.7. The topological polar surface area (TPSA) is 67.4 Å². The predicted octanol–water partition coefficient (Wildman–Crippen LogP) is -0.0597. The highest BCUT2D eigenvalue weighted by molar-refractivity contribution is 7.89. The molecular weight excluding hydrogens is 216 g/mol. The molecular formula is C9H22N2O3S. The Kier molecular flexibility index (Phi) is 7.95. The summed E-state index contributed by atoms with van der Waals surface area (Å²) in [5.74, 6) is 0.105. The van der Waals surface area contributed by atoms with E-state index in [0.29, 0.717) is 13.2 Å². The van der Waals surface area contributed by atoms with Crippen LogP contribution in [0.3, 0.4) is 0 Å². The van der Waals surface area contributed by atoms with E-state index in [-0.39, 0.29) is 11.8 Å². The van der Waals surface area contributed by atoms with Gasteiger partial charge in [-0.3, -0.25) is 0 Å². The summed E-state index contributed by atoms with van der Waals surface area (Å²) in [7, 11) is 0.124. The van der Waals surface area contributed by atoms with Crippen molar-refractivity contribution >= 4 is 10.0 Å². The van der Waals surface area contributed by atoms with Crippen molar-refractivity contribution in [2.24, 2.45) is 0 Å². The number of sulfonamides is 1. The molecule has 15 heavy (non-hydrogen) atoms. The van der Waals surface area contributed by atoms with Gasteiger partial charge < -0.3 is 10.1 Å². The fraction of sp³-hybridized carbons (Fsp3) is 1.00. The second kappa shape index (κ2) is 8.04. The van der Waals surface area contributed by atoms with E-state index in [0.717, 1.165) is 12.8 Å². The van der Waals surface area contributed by atoms with Gasteiger partial charge in [-0.1, -0.05) is 13.3 Å². The van der Waals surface area contributed by atoms with Crippen molar-refractivity contribution in [3.05, 3.63) is 0 Å². The molecule has 0 aromatic rings. The Balaban J connectivity index is 4.12. The molecule has 0 aliphatic rings. The van der Waals surface area contributed by atoms with Crippen molar-refractivity contribution in [3.63, 3.8) is 0 Å². The van der Waals surface area contributed by atoms with Crippen LogP contribution in [-0.4, -0.2) is 47.5 Å². The molecule has 0 heterocycles. The Morgan fingerprint density at radius 3 is 2.53 bits per heavy atom. The molecule has 0 saturated heterocycles. The van der Waals surface area contributed by atoms with Gasteiger partial charge in [0, 0.05) is 19.7 Å². The van der Waals surface area contributed by atoms with Crippen LogP contribution in [0, 0.1) is 0 Å². The minimum absolute atomic E-state index is 0.105. The number of hydrogen-bond acceptors (Lipinski definition) is 4. The minimum Gasteiger partial charge on any atom is -0.383 e. The van der Waals surface area contributed by atoms with Gasteiger partial charge in [-0.05, 0) is 13.5 Å². The van der Waals surface area contributed by atoms with Gasteiger partial charge in [-0.2, -0.15) is 0 Å². The van der Waals surface area contributed by atoms with Crippen molar-refractivity contribution < 1.29 is 13.2 Å². The third kappa shape index (κ3) is 7.72. The average Bonchev–Trinajstić information content (AvgIpc) is 2.15. The lowest BCUT2D eigenvalue weighted by molar-refractivity contribution is 0.171. The lowest BCUT2D eigenvalue weighted by atomic mass is 10.2. The van der Waals surface area contributed by atoms with E-state index in [1.54, 1.807) is 14.2 Å². The summed E-state index contributed by atoms with van der Waals surface area (Å²) in [6.45, 7) is 2.90. The van der Waals surface area contributed by atoms with E-state index in [2.05, 4.69) is 10.0 Å². The highest BCUT2D eigenvalue weighted by Gasteiger charge is 2.16. The molecule has 0 spiro atoms. The summed E-state index contributed by atoms with van der Waals surface area (Å²) in [5.41, 5.74) is 0. The lowest BCUT2D eigenvalue weighted by Gasteiger charge is -2.17. The van der Waals surface area contributed by atoms with Crippen molar-refractivity contribution in [2.45, 2.75) is 25.8 Å². The van der Waals surface area contributed by atoms with Crippen LogP contribution in [0.4, 0.5) is 0 Å². The van der Waals surface area contributed by atoms with E-state index in [1.165, 1.54) is 0 Å². The van der Waals surface area contributed by atoms with E-state index in [9.17, 15) is 8.42 Å². The maximum Gasteiger partial charge on any atom is 0.213 e. The van der Waals surface area contributed by atoms with Crippen LogP contribution < -0.4 is 10.0 Å². The van der Waals surface area contributed by atoms with Crippen molar-refractivity contribution in [2.75, 3.05) is 33.1 Å². The molecule has 2 N–H and O–H groups in total. The number of methoxy groups -OCH3 is 1. The molecule has 0 fully saturated rings. The molecule has 0 saturated carbocycles. The van der Waals surface area contributed by atoms with Gasteiger partial charge in [0.05, 0.1) is 12.4 Å². The molecule has 0 aliphatic heterocycles. The largest absolute Gasteiger partial charge is 0.383 e. The second-order valence-corrected chi connectivity index (χ2v) is 5.35. The van der Waals surface area contributed by atoms with E-state index in [1.807, 2.05) is 6.92 Å². The van der Waals surface area contributed by atoms with Crippen molar-refractivity contribution in [1.29, 1.82) is 0 Å². The summed E-state index contributed by atoms with van der Waals surface area (Å²) >= 11 is 0. The Labute approximate surface area is 92.6 Å². The van der Waals surface area contributed by atoms with Gasteiger partial charge in [0.2, 0.25) is 10.0 Å². The van der Waals surface area contributed by atoms with E-state index >= 15 is 0 Å². The first-order valence-corrected chi connectivity index (χ1v) is 6.84. The van der Waals surface area contributed by atoms with Crippen LogP contribution in [0.1, 0.15) is 19.8 Å². The fourth-order valence-electron chi connectivity index (χ4n) is 1.28. The molecule has 1 atom stereocenters. The minimum atomic E-state index is -3.18. The highest BCUT2D eigenvalue weighted by atomic mass is 32.2. The van der Waals surface area contributed by atoms with Gasteiger partial charge in [-0.25, -0.2) is 13.1 Å². The SMILES string of the molecule is CCCC(COC)NS(=O)(=O)CCNC. The van der Waals surface area contributed by atoms with Crippen LogP contribution in [0.2, 0.25) is 0 Å². The molecule has 0 rings (SSSR count). The molecule has 92 valence electrons. The second-order valence-electron chi connectivity index (χ2n) is 3.48. The van der Waals surface area contributed by atoms with Crippen LogP contribution in [-0.2, 0) is 14.8 Å². The zero-order valence-electron chi connectivity index (χ0n) is 9.75. The summed E-state index contributed by atoms with van der Waals surface area (Å²) in [5, 5.41) is 2.81. The zero-order valence-corrected chi connectivity index (χ0v) is 10.6. The van der Waals surface area contributed by atoms with Crippen molar-refractivity contribution in [3.8, 4) is 0 Å². The summed E-state index contributed by atoms with van der Waals surface area (Å²) in [6.07, 6.45) is 1.73. The Morgan fingerprint density at radius 1 is 1.40 bits per heavy atom. The fourth-order valence-corrected chi connectivity index (χ4v) is 2.56. The van der Waals surface area contributed by atoms with Crippen molar-refractivity contribution in [1.82, 2.24) is 10.0 Å². The van der Waals surface area contributed by atoms with Gasteiger partial charge >= 0.3 is 0 Å². The molecule has 0 aliphatic carbocycles. The number of nitrogens with one attached hydrogen (secondary N) is 2. The normalized spacial score (nSPS) is 14.1. The molecule has 0 amide bonds. The van der Waals surface area contributed by atoms with Crippen LogP contribution in [0.25, 0.3) is 0 Å². The van der Waals surface area contributed by atoms with Crippen LogP contribution in [0.5, 0.6) is 0 Å². The maximum atomic E-state index is 11.5. The standard InChI is InChI=1S/C9H22N2O3S/c1-4-5-9(8-14-3)11-15(12,13)7-6-10-2/h9-11H,4-8H2,1-3H3. The molecule has 0 aromatic heterocycles. The first kappa shape index (κ1) is 14.8. The number of rotatable bonds is 9. The molecule has 0 aromatic carbocycles. The smallest absolute Gasteiger partial charge is 0.213 e. The van der Waals surface area contributed by atoms with Gasteiger partial charge in [0.15, 0.2) is 0 Å². The van der Waals surface area contributed by atoms with Crippen LogP contribution >= 0.6 is 0 Å². The van der Waals surface area contributed by atoms with E-state index in [4.69, 9.17) is 4.74 Å². The first-order valence-electron chi connectivity index (χ1n) is 5.19. The highest BCUT2D eigenvalue weighted by Crippen LogP contribution is 1.99. The summed E-state index contributed by atoms with van der Waals surface area (Å²) in [4.78, 5) is 0. The zero-order chi connectivity index (χ0) is 11.7. The Hall–Kier alpha value is -0.170. The monoisotopic (exact) mass is 238 g/mol. The number of ether oxygens (including phenoxy) is 1. The maximum absolute atomic E-state index is 11.5. The molecule has 5 nitrogen and oxygen atoms in total. The third-order valence-corrected chi connectivity index (χ3v) is 3.41. The molecule has 0 bridgehead atoms. The van der Waals surface area contributed by atoms with Gasteiger partial charge in [0.25, 0.3) is 0 Å². The van der Waals surface area contributed by atoms with Gasteiger partial charge in [-0.15, -0.1) is 0 Å². The first-order chi connectivity index (χ1) is 7.05. The lowest BCUT2D eigenvalue weighted by Crippen LogP contribution is -2.40. The third-order valence-electron chi connectivity index (χ3n) is 1.97.